The standard InChI is InChI=1S/C8H8F3NO.ClH/c9-8(10,11)5-13-7-3-1-6(12)2-4-7;/h1-4H,5,12H2;1H. The van der Waals surface area contributed by atoms with E-state index in [0.717, 1.165) is 0 Å². The van der Waals surface area contributed by atoms with Crippen LogP contribution in [0.15, 0.2) is 24.3 Å². The Bertz CT molecular complexity index is 273. The molecule has 0 bridgehead atoms. The second kappa shape index (κ2) is 4.95. The zero-order valence-corrected chi connectivity index (χ0v) is 7.86. The Hall–Kier alpha value is -1.10. The molecule has 6 heteroatoms. The molecule has 2 nitrogen and oxygen atoms in total. The van der Waals surface area contributed by atoms with Crippen molar-refractivity contribution in [3.05, 3.63) is 24.3 Å². The van der Waals surface area contributed by atoms with Gasteiger partial charge in [-0.25, -0.2) is 0 Å². The highest BCUT2D eigenvalue weighted by molar-refractivity contribution is 5.85. The van der Waals surface area contributed by atoms with E-state index >= 15 is 0 Å². The van der Waals surface area contributed by atoms with Crippen molar-refractivity contribution >= 4 is 18.1 Å². The molecule has 0 aromatic heterocycles. The summed E-state index contributed by atoms with van der Waals surface area (Å²) in [5, 5.41) is 0. The largest absolute Gasteiger partial charge is 0.484 e. The molecular weight excluding hydrogens is 219 g/mol. The highest BCUT2D eigenvalue weighted by Gasteiger charge is 2.28. The number of hydrogen-bond acceptors (Lipinski definition) is 2. The summed E-state index contributed by atoms with van der Waals surface area (Å²) in [6, 6.07) is 5.74. The summed E-state index contributed by atoms with van der Waals surface area (Å²) >= 11 is 0. The first-order chi connectivity index (χ1) is 5.97. The topological polar surface area (TPSA) is 35.2 Å². The molecule has 1 aromatic rings. The number of alkyl halides is 3. The van der Waals surface area contributed by atoms with E-state index in [2.05, 4.69) is 4.74 Å². The van der Waals surface area contributed by atoms with Gasteiger partial charge in [0.1, 0.15) is 5.75 Å². The number of nitrogen functional groups attached to an aromatic ring is 1. The highest BCUT2D eigenvalue weighted by atomic mass is 35.5. The zero-order valence-electron chi connectivity index (χ0n) is 7.04. The molecule has 0 spiro atoms. The number of halogens is 4. The SMILES string of the molecule is Cl.Nc1ccc(OCC(F)(F)F)cc1. The van der Waals surface area contributed by atoms with Crippen LogP contribution in [0.25, 0.3) is 0 Å². The molecule has 0 heterocycles. The molecular formula is C8H9ClF3NO. The van der Waals surface area contributed by atoms with Gasteiger partial charge >= 0.3 is 6.18 Å². The maximum atomic E-state index is 11.7. The van der Waals surface area contributed by atoms with Gasteiger partial charge in [0.25, 0.3) is 0 Å². The minimum atomic E-state index is -4.30. The van der Waals surface area contributed by atoms with Crippen LogP contribution in [-0.2, 0) is 0 Å². The molecule has 80 valence electrons. The van der Waals surface area contributed by atoms with E-state index in [0.29, 0.717) is 5.69 Å². The quantitative estimate of drug-likeness (QED) is 0.789. The average Bonchev–Trinajstić information content (AvgIpc) is 2.02. The third kappa shape index (κ3) is 4.81. The third-order valence-electron chi connectivity index (χ3n) is 1.28. The maximum Gasteiger partial charge on any atom is 0.422 e. The number of nitrogens with two attached hydrogens (primary N) is 1. The van der Waals surface area contributed by atoms with Gasteiger partial charge in [0.2, 0.25) is 0 Å². The van der Waals surface area contributed by atoms with Crippen molar-refractivity contribution in [2.45, 2.75) is 6.18 Å². The van der Waals surface area contributed by atoms with E-state index in [-0.39, 0.29) is 18.2 Å². The lowest BCUT2D eigenvalue weighted by Gasteiger charge is -2.08. The fourth-order valence-corrected chi connectivity index (χ4v) is 0.729. The molecule has 0 unspecified atom stereocenters. The van der Waals surface area contributed by atoms with Crippen molar-refractivity contribution in [3.8, 4) is 5.75 Å². The lowest BCUT2D eigenvalue weighted by atomic mass is 10.3. The van der Waals surface area contributed by atoms with E-state index in [1.165, 1.54) is 24.3 Å². The first kappa shape index (κ1) is 12.9. The molecule has 0 saturated heterocycles. The summed E-state index contributed by atoms with van der Waals surface area (Å²) in [6.07, 6.45) is -4.30. The van der Waals surface area contributed by atoms with E-state index in [1.54, 1.807) is 0 Å². The maximum absolute atomic E-state index is 11.7. The molecule has 0 aliphatic rings. The van der Waals surface area contributed by atoms with Crippen LogP contribution in [0.5, 0.6) is 5.75 Å². The first-order valence-corrected chi connectivity index (χ1v) is 3.52. The summed E-state index contributed by atoms with van der Waals surface area (Å²) in [6.45, 7) is -1.28. The van der Waals surface area contributed by atoms with Crippen LogP contribution in [0.2, 0.25) is 0 Å². The smallest absolute Gasteiger partial charge is 0.422 e. The van der Waals surface area contributed by atoms with Crippen molar-refractivity contribution in [2.75, 3.05) is 12.3 Å². The molecule has 0 amide bonds. The van der Waals surface area contributed by atoms with Crippen molar-refractivity contribution in [2.24, 2.45) is 0 Å². The predicted molar refractivity (Wildman–Crippen MR) is 49.7 cm³/mol. The highest BCUT2D eigenvalue weighted by Crippen LogP contribution is 2.18. The van der Waals surface area contributed by atoms with Crippen molar-refractivity contribution in [3.63, 3.8) is 0 Å². The molecule has 0 saturated carbocycles. The normalized spacial score (nSPS) is 10.5. The van der Waals surface area contributed by atoms with E-state index in [9.17, 15) is 13.2 Å². The third-order valence-corrected chi connectivity index (χ3v) is 1.28. The van der Waals surface area contributed by atoms with Crippen molar-refractivity contribution in [1.82, 2.24) is 0 Å². The Morgan fingerprint density at radius 1 is 1.14 bits per heavy atom. The summed E-state index contributed by atoms with van der Waals surface area (Å²) in [5.41, 5.74) is 5.82. The molecule has 1 aromatic carbocycles. The van der Waals surface area contributed by atoms with Gasteiger partial charge in [-0.05, 0) is 24.3 Å². The van der Waals surface area contributed by atoms with Gasteiger partial charge in [0, 0.05) is 5.69 Å². The molecule has 0 aliphatic heterocycles. The number of ether oxygens (including phenoxy) is 1. The second-order valence-corrected chi connectivity index (χ2v) is 2.47. The fraction of sp³-hybridized carbons (Fsp3) is 0.250. The van der Waals surface area contributed by atoms with Crippen molar-refractivity contribution in [1.29, 1.82) is 0 Å². The van der Waals surface area contributed by atoms with Gasteiger partial charge in [-0.2, -0.15) is 13.2 Å². The average molecular weight is 228 g/mol. The Morgan fingerprint density at radius 3 is 2.07 bits per heavy atom. The van der Waals surface area contributed by atoms with Gasteiger partial charge in [-0.3, -0.25) is 0 Å². The Labute approximate surface area is 85.3 Å². The summed E-state index contributed by atoms with van der Waals surface area (Å²) in [5.74, 6) is 0.159. The zero-order chi connectivity index (χ0) is 9.90. The van der Waals surface area contributed by atoms with Gasteiger partial charge in [-0.15, -0.1) is 12.4 Å². The lowest BCUT2D eigenvalue weighted by molar-refractivity contribution is -0.153. The van der Waals surface area contributed by atoms with Crippen LogP contribution in [-0.4, -0.2) is 12.8 Å². The van der Waals surface area contributed by atoms with Crippen LogP contribution >= 0.6 is 12.4 Å². The van der Waals surface area contributed by atoms with E-state index in [4.69, 9.17) is 5.73 Å². The van der Waals surface area contributed by atoms with Crippen molar-refractivity contribution < 1.29 is 17.9 Å². The Balaban J connectivity index is 0.00000169. The van der Waals surface area contributed by atoms with Crippen LogP contribution in [0.1, 0.15) is 0 Å². The fourth-order valence-electron chi connectivity index (χ4n) is 0.729. The molecule has 0 radical (unpaired) electrons. The molecule has 14 heavy (non-hydrogen) atoms. The minimum Gasteiger partial charge on any atom is -0.484 e. The summed E-state index contributed by atoms with van der Waals surface area (Å²) in [7, 11) is 0. The Kier molecular flexibility index (Phi) is 4.56. The lowest BCUT2D eigenvalue weighted by Crippen LogP contribution is -2.19. The summed E-state index contributed by atoms with van der Waals surface area (Å²) < 4.78 is 39.5. The molecule has 0 aliphatic carbocycles. The van der Waals surface area contributed by atoms with E-state index < -0.39 is 12.8 Å². The van der Waals surface area contributed by atoms with Gasteiger partial charge < -0.3 is 10.5 Å². The first-order valence-electron chi connectivity index (χ1n) is 3.52. The molecule has 0 fully saturated rings. The molecule has 0 atom stereocenters. The van der Waals surface area contributed by atoms with Gasteiger partial charge in [-0.1, -0.05) is 0 Å². The monoisotopic (exact) mass is 227 g/mol. The number of anilines is 1. The van der Waals surface area contributed by atoms with Crippen LogP contribution in [0.4, 0.5) is 18.9 Å². The van der Waals surface area contributed by atoms with E-state index in [1.807, 2.05) is 0 Å². The van der Waals surface area contributed by atoms with Gasteiger partial charge in [0.05, 0.1) is 0 Å². The van der Waals surface area contributed by atoms with Crippen LogP contribution < -0.4 is 10.5 Å². The number of hydrogen-bond donors (Lipinski definition) is 1. The summed E-state index contributed by atoms with van der Waals surface area (Å²) in [4.78, 5) is 0. The van der Waals surface area contributed by atoms with Crippen LogP contribution in [0.3, 0.4) is 0 Å². The second-order valence-electron chi connectivity index (χ2n) is 2.47. The number of rotatable bonds is 2. The predicted octanol–water partition coefficient (Wildman–Crippen LogP) is 2.63. The number of benzene rings is 1. The minimum absolute atomic E-state index is 0. The molecule has 1 rings (SSSR count). The Morgan fingerprint density at radius 2 is 1.64 bits per heavy atom. The van der Waals surface area contributed by atoms with Gasteiger partial charge in [0.15, 0.2) is 6.61 Å². The van der Waals surface area contributed by atoms with Crippen LogP contribution in [0, 0.1) is 0 Å². The molecule has 2 N–H and O–H groups in total.